The second kappa shape index (κ2) is 4.69. The number of fused-ring (bicyclic) bond motifs is 1. The third-order valence-corrected chi connectivity index (χ3v) is 3.96. The van der Waals surface area contributed by atoms with Crippen molar-refractivity contribution in [2.24, 2.45) is 0 Å². The second-order valence-corrected chi connectivity index (χ2v) is 5.15. The molecule has 0 saturated heterocycles. The van der Waals surface area contributed by atoms with Crippen LogP contribution in [-0.2, 0) is 6.42 Å². The van der Waals surface area contributed by atoms with E-state index in [2.05, 4.69) is 10.6 Å². The smallest absolute Gasteiger partial charge is 0.126 e. The lowest BCUT2D eigenvalue weighted by atomic mass is 9.96. The second-order valence-electron chi connectivity index (χ2n) is 4.88. The molecule has 3 rings (SSSR count). The highest BCUT2D eigenvalue weighted by molar-refractivity contribution is 7.79. The van der Waals surface area contributed by atoms with Crippen LogP contribution in [0.15, 0.2) is 30.1 Å². The zero-order chi connectivity index (χ0) is 12.5. The Kier molecular flexibility index (Phi) is 3.04. The van der Waals surface area contributed by atoms with Gasteiger partial charge in [0.1, 0.15) is 12.0 Å². The van der Waals surface area contributed by atoms with Gasteiger partial charge in [0.25, 0.3) is 0 Å². The van der Waals surface area contributed by atoms with E-state index < -0.39 is 0 Å². The van der Waals surface area contributed by atoms with Crippen LogP contribution in [0.1, 0.15) is 29.9 Å². The molecule has 0 bridgehead atoms. The van der Waals surface area contributed by atoms with Crippen LogP contribution in [0, 0.1) is 5.82 Å². The summed E-state index contributed by atoms with van der Waals surface area (Å²) < 4.78 is 13.3. The summed E-state index contributed by atoms with van der Waals surface area (Å²) in [5, 5.41) is 8.14. The van der Waals surface area contributed by atoms with Crippen LogP contribution in [0.25, 0.3) is 0 Å². The molecule has 2 atom stereocenters. The van der Waals surface area contributed by atoms with Crippen LogP contribution >= 0.6 is 12.2 Å². The number of hydrogen-bond donors (Lipinski definition) is 2. The first-order chi connectivity index (χ1) is 8.76. The number of nitrogens with one attached hydrogen (secondary N) is 2. The number of allylic oxidation sites excluding steroid dienone is 1. The molecule has 1 aliphatic carbocycles. The molecule has 0 fully saturated rings. The molecule has 2 nitrogen and oxygen atoms in total. The van der Waals surface area contributed by atoms with E-state index in [1.807, 2.05) is 12.3 Å². The van der Waals surface area contributed by atoms with Gasteiger partial charge < -0.3 is 10.6 Å². The van der Waals surface area contributed by atoms with Crippen molar-refractivity contribution in [3.8, 4) is 0 Å². The molecule has 0 spiro atoms. The number of benzene rings is 1. The highest BCUT2D eigenvalue weighted by Crippen LogP contribution is 2.37. The largest absolute Gasteiger partial charge is 0.366 e. The average molecular weight is 262 g/mol. The summed E-state index contributed by atoms with van der Waals surface area (Å²) in [6, 6.07) is 5.16. The number of hydrogen-bond acceptors (Lipinski definition) is 3. The van der Waals surface area contributed by atoms with Gasteiger partial charge in [0.2, 0.25) is 0 Å². The standard InChI is InChI=1S/C14H15FN2S/c15-11-4-3-9-1-2-10(13(9)6-11)5-12-7-16-14(8-18)17-12/h3-4,6-8,10,14,16-17H,1-2,5H2. The number of halogens is 1. The van der Waals surface area contributed by atoms with Gasteiger partial charge in [-0.25, -0.2) is 4.39 Å². The van der Waals surface area contributed by atoms with Crippen LogP contribution in [0.5, 0.6) is 0 Å². The minimum atomic E-state index is -0.135. The van der Waals surface area contributed by atoms with Gasteiger partial charge in [0.05, 0.1) is 0 Å². The zero-order valence-corrected chi connectivity index (χ0v) is 10.8. The Balaban J connectivity index is 1.73. The maximum atomic E-state index is 13.3. The van der Waals surface area contributed by atoms with Gasteiger partial charge in [-0.3, -0.25) is 0 Å². The third-order valence-electron chi connectivity index (χ3n) is 3.69. The van der Waals surface area contributed by atoms with Gasteiger partial charge in [-0.05, 0) is 48.4 Å². The van der Waals surface area contributed by atoms with Crippen molar-refractivity contribution in [2.75, 3.05) is 0 Å². The fourth-order valence-electron chi connectivity index (χ4n) is 2.80. The van der Waals surface area contributed by atoms with Crippen LogP contribution in [0.2, 0.25) is 0 Å². The van der Waals surface area contributed by atoms with Crippen molar-refractivity contribution in [1.82, 2.24) is 10.6 Å². The third kappa shape index (κ3) is 2.12. The first-order valence-electron chi connectivity index (χ1n) is 6.21. The van der Waals surface area contributed by atoms with Crippen LogP contribution in [-0.4, -0.2) is 11.5 Å². The van der Waals surface area contributed by atoms with E-state index in [4.69, 9.17) is 12.2 Å². The normalized spacial score (nSPS) is 25.1. The molecule has 1 heterocycles. The predicted molar refractivity (Wildman–Crippen MR) is 73.9 cm³/mol. The van der Waals surface area contributed by atoms with E-state index in [1.54, 1.807) is 17.5 Å². The van der Waals surface area contributed by atoms with Crippen LogP contribution in [0.3, 0.4) is 0 Å². The van der Waals surface area contributed by atoms with E-state index in [1.165, 1.54) is 11.1 Å². The Bertz CT molecular complexity index is 513. The topological polar surface area (TPSA) is 24.1 Å². The van der Waals surface area contributed by atoms with Crippen molar-refractivity contribution in [2.45, 2.75) is 31.3 Å². The Morgan fingerprint density at radius 1 is 1.44 bits per heavy atom. The molecule has 2 aliphatic rings. The summed E-state index contributed by atoms with van der Waals surface area (Å²) in [6.07, 6.45) is 5.11. The Morgan fingerprint density at radius 3 is 3.11 bits per heavy atom. The van der Waals surface area contributed by atoms with E-state index in [0.29, 0.717) is 5.92 Å². The molecule has 2 unspecified atom stereocenters. The Hall–Kier alpha value is -1.42. The maximum absolute atomic E-state index is 13.3. The van der Waals surface area contributed by atoms with Gasteiger partial charge in [0.15, 0.2) is 0 Å². The number of rotatable bonds is 3. The molecule has 1 aromatic rings. The monoisotopic (exact) mass is 262 g/mol. The summed E-state index contributed by atoms with van der Waals surface area (Å²) >= 11 is 4.89. The van der Waals surface area contributed by atoms with Crippen molar-refractivity contribution in [1.29, 1.82) is 0 Å². The van der Waals surface area contributed by atoms with Crippen molar-refractivity contribution in [3.63, 3.8) is 0 Å². The SMILES string of the molecule is Fc1ccc2c(c1)C(CC1=CNC(C=S)N1)CC2. The van der Waals surface area contributed by atoms with Gasteiger partial charge >= 0.3 is 0 Å². The van der Waals surface area contributed by atoms with Crippen LogP contribution in [0.4, 0.5) is 4.39 Å². The lowest BCUT2D eigenvalue weighted by molar-refractivity contribution is 0.609. The zero-order valence-electron chi connectivity index (χ0n) is 9.95. The average Bonchev–Trinajstić information content (AvgIpc) is 2.97. The summed E-state index contributed by atoms with van der Waals surface area (Å²) in [4.78, 5) is 0. The van der Waals surface area contributed by atoms with E-state index >= 15 is 0 Å². The van der Waals surface area contributed by atoms with E-state index in [-0.39, 0.29) is 12.0 Å². The molecule has 1 aromatic carbocycles. The van der Waals surface area contributed by atoms with E-state index in [9.17, 15) is 4.39 Å². The molecular formula is C14H15FN2S. The quantitative estimate of drug-likeness (QED) is 0.819. The lowest BCUT2D eigenvalue weighted by Gasteiger charge is -2.14. The fraction of sp³-hybridized carbons (Fsp3) is 0.357. The summed E-state index contributed by atoms with van der Waals surface area (Å²) in [6.45, 7) is 0. The number of thiocarbonyl (C=S) groups is 1. The highest BCUT2D eigenvalue weighted by atomic mass is 32.1. The van der Waals surface area contributed by atoms with Gasteiger partial charge in [-0.2, -0.15) is 0 Å². The molecule has 1 aliphatic heterocycles. The Labute approximate surface area is 111 Å². The fourth-order valence-corrected chi connectivity index (χ4v) is 2.95. The lowest BCUT2D eigenvalue weighted by Crippen LogP contribution is -2.32. The van der Waals surface area contributed by atoms with Crippen molar-refractivity contribution in [3.05, 3.63) is 47.0 Å². The Morgan fingerprint density at radius 2 is 2.33 bits per heavy atom. The molecule has 94 valence electrons. The van der Waals surface area contributed by atoms with Gasteiger partial charge in [0, 0.05) is 17.3 Å². The highest BCUT2D eigenvalue weighted by Gasteiger charge is 2.25. The summed E-state index contributed by atoms with van der Waals surface area (Å²) in [5.74, 6) is 0.282. The number of aryl methyl sites for hydroxylation is 1. The molecule has 0 aromatic heterocycles. The molecule has 4 heteroatoms. The molecule has 18 heavy (non-hydrogen) atoms. The van der Waals surface area contributed by atoms with Gasteiger partial charge in [-0.1, -0.05) is 18.3 Å². The molecule has 0 amide bonds. The predicted octanol–water partition coefficient (Wildman–Crippen LogP) is 2.61. The molecule has 0 radical (unpaired) electrons. The van der Waals surface area contributed by atoms with Gasteiger partial charge in [-0.15, -0.1) is 0 Å². The van der Waals surface area contributed by atoms with Crippen molar-refractivity contribution < 1.29 is 4.39 Å². The first-order valence-corrected chi connectivity index (χ1v) is 6.68. The van der Waals surface area contributed by atoms with Crippen LogP contribution < -0.4 is 10.6 Å². The maximum Gasteiger partial charge on any atom is 0.126 e. The summed E-state index contributed by atoms with van der Waals surface area (Å²) in [7, 11) is 0. The molecule has 0 saturated carbocycles. The van der Waals surface area contributed by atoms with E-state index in [0.717, 1.165) is 25.0 Å². The molecular weight excluding hydrogens is 247 g/mol. The molecule has 2 N–H and O–H groups in total. The minimum Gasteiger partial charge on any atom is -0.366 e. The minimum absolute atomic E-state index is 0.0587. The van der Waals surface area contributed by atoms with Crippen molar-refractivity contribution >= 4 is 17.6 Å². The summed E-state index contributed by atoms with van der Waals surface area (Å²) in [5.41, 5.74) is 3.62. The first kappa shape index (κ1) is 11.7.